The quantitative estimate of drug-likeness (QED) is 0.520. The van der Waals surface area contributed by atoms with E-state index in [1.807, 2.05) is 0 Å². The molecule has 1 heterocycles. The SMILES string of the molecule is Cc1cccc(C)c1Nc1c(F)c(F)c2c(c1F)C(=O)OC2=O. The maximum Gasteiger partial charge on any atom is 0.350 e. The van der Waals surface area contributed by atoms with Crippen LogP contribution in [0.4, 0.5) is 24.5 Å². The topological polar surface area (TPSA) is 55.4 Å². The van der Waals surface area contributed by atoms with E-state index in [0.717, 1.165) is 0 Å². The zero-order valence-corrected chi connectivity index (χ0v) is 12.1. The molecule has 2 aromatic rings. The summed E-state index contributed by atoms with van der Waals surface area (Å²) in [6.07, 6.45) is 0. The molecule has 0 amide bonds. The van der Waals surface area contributed by atoms with E-state index in [9.17, 15) is 22.8 Å². The van der Waals surface area contributed by atoms with Gasteiger partial charge < -0.3 is 10.1 Å². The van der Waals surface area contributed by atoms with Crippen molar-refractivity contribution < 1.29 is 27.5 Å². The van der Waals surface area contributed by atoms with Crippen LogP contribution in [0.2, 0.25) is 0 Å². The molecule has 23 heavy (non-hydrogen) atoms. The van der Waals surface area contributed by atoms with E-state index in [1.54, 1.807) is 32.0 Å². The van der Waals surface area contributed by atoms with Crippen LogP contribution in [0.3, 0.4) is 0 Å². The fraction of sp³-hybridized carbons (Fsp3) is 0.125. The smallest absolute Gasteiger partial charge is 0.350 e. The van der Waals surface area contributed by atoms with Gasteiger partial charge >= 0.3 is 11.9 Å². The van der Waals surface area contributed by atoms with Gasteiger partial charge in [0.2, 0.25) is 0 Å². The third-order valence-electron chi connectivity index (χ3n) is 3.65. The number of carbonyl (C=O) groups is 2. The molecule has 2 aromatic carbocycles. The number of cyclic esters (lactones) is 2. The van der Waals surface area contributed by atoms with Crippen molar-refractivity contribution in [3.8, 4) is 0 Å². The lowest BCUT2D eigenvalue weighted by molar-refractivity contribution is 0.0440. The molecular formula is C16H10F3NO3. The molecule has 0 aromatic heterocycles. The average molecular weight is 321 g/mol. The molecule has 4 nitrogen and oxygen atoms in total. The number of nitrogens with one attached hydrogen (secondary N) is 1. The number of carbonyl (C=O) groups excluding carboxylic acids is 2. The Morgan fingerprint density at radius 3 is 1.91 bits per heavy atom. The summed E-state index contributed by atoms with van der Waals surface area (Å²) < 4.78 is 46.8. The Balaban J connectivity index is 2.23. The fourth-order valence-electron chi connectivity index (χ4n) is 2.48. The predicted octanol–water partition coefficient (Wildman–Crippen LogP) is 3.77. The molecule has 0 radical (unpaired) electrons. The number of halogens is 3. The molecule has 3 rings (SSSR count). The number of rotatable bonds is 2. The first-order valence-electron chi connectivity index (χ1n) is 6.63. The normalized spacial score (nSPS) is 13.1. The molecule has 0 bridgehead atoms. The summed E-state index contributed by atoms with van der Waals surface area (Å²) in [6.45, 7) is 3.40. The van der Waals surface area contributed by atoms with Crippen molar-refractivity contribution in [1.82, 2.24) is 0 Å². The number of hydrogen-bond acceptors (Lipinski definition) is 4. The van der Waals surface area contributed by atoms with E-state index in [-0.39, 0.29) is 0 Å². The zero-order valence-electron chi connectivity index (χ0n) is 12.1. The standard InChI is InChI=1S/C16H10F3NO3/c1-6-4-3-5-7(2)13(6)20-14-11(18)9-8(10(17)12(14)19)15(21)23-16(9)22/h3-5,20H,1-2H3. The summed E-state index contributed by atoms with van der Waals surface area (Å²) in [5, 5.41) is 2.47. The maximum absolute atomic E-state index is 14.5. The van der Waals surface area contributed by atoms with E-state index in [1.165, 1.54) is 0 Å². The number of fused-ring (bicyclic) bond motifs is 1. The molecule has 0 aliphatic carbocycles. The van der Waals surface area contributed by atoms with Crippen molar-refractivity contribution in [1.29, 1.82) is 0 Å². The van der Waals surface area contributed by atoms with Gasteiger partial charge in [0.15, 0.2) is 17.5 Å². The first kappa shape index (κ1) is 15.1. The van der Waals surface area contributed by atoms with Crippen molar-refractivity contribution >= 4 is 23.3 Å². The summed E-state index contributed by atoms with van der Waals surface area (Å²) in [6, 6.07) is 5.15. The predicted molar refractivity (Wildman–Crippen MR) is 75.3 cm³/mol. The van der Waals surface area contributed by atoms with Crippen molar-refractivity contribution in [2.75, 3.05) is 5.32 Å². The van der Waals surface area contributed by atoms with Crippen molar-refractivity contribution in [3.05, 3.63) is 57.9 Å². The molecule has 0 atom stereocenters. The Kier molecular flexibility index (Phi) is 3.35. The third kappa shape index (κ3) is 2.16. The molecule has 1 N–H and O–H groups in total. The molecule has 0 unspecified atom stereocenters. The third-order valence-corrected chi connectivity index (χ3v) is 3.65. The van der Waals surface area contributed by atoms with Gasteiger partial charge in [0.1, 0.15) is 16.8 Å². The monoisotopic (exact) mass is 321 g/mol. The van der Waals surface area contributed by atoms with Crippen molar-refractivity contribution in [3.63, 3.8) is 0 Å². The molecule has 0 spiro atoms. The molecule has 1 aliphatic heterocycles. The number of hydrogen-bond donors (Lipinski definition) is 1. The summed E-state index contributed by atoms with van der Waals surface area (Å²) >= 11 is 0. The van der Waals surface area contributed by atoms with Gasteiger partial charge in [-0.1, -0.05) is 18.2 Å². The highest BCUT2D eigenvalue weighted by Crippen LogP contribution is 2.36. The van der Waals surface area contributed by atoms with Gasteiger partial charge in [-0.25, -0.2) is 22.8 Å². The second-order valence-corrected chi connectivity index (χ2v) is 5.14. The Morgan fingerprint density at radius 1 is 0.826 bits per heavy atom. The minimum atomic E-state index is -1.62. The number of aryl methyl sites for hydroxylation is 2. The van der Waals surface area contributed by atoms with E-state index < -0.39 is 46.2 Å². The van der Waals surface area contributed by atoms with E-state index in [0.29, 0.717) is 16.8 Å². The molecule has 0 saturated heterocycles. The van der Waals surface area contributed by atoms with Gasteiger partial charge in [-0.05, 0) is 25.0 Å². The van der Waals surface area contributed by atoms with E-state index >= 15 is 0 Å². The lowest BCUT2D eigenvalue weighted by atomic mass is 10.0. The number of esters is 2. The average Bonchev–Trinajstić information content (AvgIpc) is 2.78. The van der Waals surface area contributed by atoms with E-state index in [4.69, 9.17) is 0 Å². The fourth-order valence-corrected chi connectivity index (χ4v) is 2.48. The lowest BCUT2D eigenvalue weighted by Crippen LogP contribution is -2.10. The first-order chi connectivity index (χ1) is 10.8. The minimum absolute atomic E-state index is 0.377. The summed E-state index contributed by atoms with van der Waals surface area (Å²) in [7, 11) is 0. The Morgan fingerprint density at radius 2 is 1.35 bits per heavy atom. The zero-order chi connectivity index (χ0) is 16.9. The second kappa shape index (κ2) is 5.12. The van der Waals surface area contributed by atoms with Crippen LogP contribution in [0.5, 0.6) is 0 Å². The van der Waals surface area contributed by atoms with Gasteiger partial charge in [0.05, 0.1) is 0 Å². The number of benzene rings is 2. The molecule has 0 fully saturated rings. The highest BCUT2D eigenvalue weighted by molar-refractivity contribution is 6.15. The second-order valence-electron chi connectivity index (χ2n) is 5.14. The van der Waals surface area contributed by atoms with Crippen LogP contribution in [0.25, 0.3) is 0 Å². The van der Waals surface area contributed by atoms with Crippen molar-refractivity contribution in [2.24, 2.45) is 0 Å². The van der Waals surface area contributed by atoms with Crippen LogP contribution >= 0.6 is 0 Å². The summed E-state index contributed by atoms with van der Waals surface area (Å²) in [5.41, 5.74) is -1.04. The van der Waals surface area contributed by atoms with E-state index in [2.05, 4.69) is 10.1 Å². The lowest BCUT2D eigenvalue weighted by Gasteiger charge is -2.15. The van der Waals surface area contributed by atoms with Gasteiger partial charge in [-0.3, -0.25) is 0 Å². The van der Waals surface area contributed by atoms with Crippen LogP contribution in [0.15, 0.2) is 18.2 Å². The Bertz CT molecular complexity index is 857. The van der Waals surface area contributed by atoms with Gasteiger partial charge in [0.25, 0.3) is 0 Å². The largest absolute Gasteiger partial charge is 0.385 e. The summed E-state index contributed by atoms with van der Waals surface area (Å²) in [4.78, 5) is 22.8. The highest BCUT2D eigenvalue weighted by atomic mass is 19.2. The molecule has 1 aliphatic rings. The maximum atomic E-state index is 14.5. The molecule has 7 heteroatoms. The highest BCUT2D eigenvalue weighted by Gasteiger charge is 2.40. The van der Waals surface area contributed by atoms with Crippen LogP contribution < -0.4 is 5.32 Å². The number of ether oxygens (including phenoxy) is 1. The molecule has 118 valence electrons. The summed E-state index contributed by atoms with van der Waals surface area (Å²) in [5.74, 6) is -7.32. The molecular weight excluding hydrogens is 311 g/mol. The Hall–Kier alpha value is -2.83. The minimum Gasteiger partial charge on any atom is -0.385 e. The number of anilines is 2. The van der Waals surface area contributed by atoms with Crippen LogP contribution in [0, 0.1) is 31.3 Å². The van der Waals surface area contributed by atoms with Crippen molar-refractivity contribution in [2.45, 2.75) is 13.8 Å². The van der Waals surface area contributed by atoms with Crippen LogP contribution in [-0.4, -0.2) is 11.9 Å². The first-order valence-corrected chi connectivity index (χ1v) is 6.63. The number of para-hydroxylation sites is 1. The Labute approximate surface area is 128 Å². The van der Waals surface area contributed by atoms with Crippen LogP contribution in [-0.2, 0) is 4.74 Å². The van der Waals surface area contributed by atoms with Gasteiger partial charge in [0, 0.05) is 5.69 Å². The van der Waals surface area contributed by atoms with Gasteiger partial charge in [-0.15, -0.1) is 0 Å². The molecule has 0 saturated carbocycles. The van der Waals surface area contributed by atoms with Crippen LogP contribution in [0.1, 0.15) is 31.8 Å². The van der Waals surface area contributed by atoms with Gasteiger partial charge in [-0.2, -0.15) is 0 Å².